The molecular weight excluding hydrogens is 430 g/mol. The number of aryl methyl sites for hydroxylation is 1. The number of ketones is 1. The number of allylic oxidation sites excluding steroid dienone is 1. The van der Waals surface area contributed by atoms with Crippen LogP contribution in [0.5, 0.6) is 11.5 Å². The summed E-state index contributed by atoms with van der Waals surface area (Å²) in [5.74, 6) is 0.499. The zero-order chi connectivity index (χ0) is 23.5. The van der Waals surface area contributed by atoms with E-state index in [2.05, 4.69) is 12.1 Å². The van der Waals surface area contributed by atoms with E-state index in [1.165, 1.54) is 11.6 Å². The largest absolute Gasteiger partial charge is 0.454 e. The highest BCUT2D eigenvalue weighted by molar-refractivity contribution is 6.10. The van der Waals surface area contributed by atoms with E-state index < -0.39 is 11.5 Å². The normalized spacial score (nSPS) is 18.5. The molecule has 1 atom stereocenters. The molecule has 5 rings (SSSR count). The molecule has 1 N–H and O–H groups in total. The van der Waals surface area contributed by atoms with Crippen molar-refractivity contribution in [1.82, 2.24) is 0 Å². The molecule has 0 aromatic heterocycles. The van der Waals surface area contributed by atoms with E-state index in [9.17, 15) is 14.7 Å². The van der Waals surface area contributed by atoms with Crippen LogP contribution in [0.4, 0.5) is 5.69 Å². The smallest absolute Gasteiger partial charge is 0.264 e. The minimum atomic E-state index is -1.88. The molecular formula is C28H25NO5. The highest BCUT2D eigenvalue weighted by atomic mass is 16.7. The summed E-state index contributed by atoms with van der Waals surface area (Å²) in [7, 11) is 0. The Hall–Kier alpha value is -3.90. The molecule has 1 unspecified atom stereocenters. The van der Waals surface area contributed by atoms with Crippen LogP contribution in [0.1, 0.15) is 29.5 Å². The van der Waals surface area contributed by atoms with Gasteiger partial charge in [-0.05, 0) is 48.2 Å². The van der Waals surface area contributed by atoms with E-state index in [-0.39, 0.29) is 19.0 Å². The minimum absolute atomic E-state index is 0.178. The maximum atomic E-state index is 13.3. The number of hydrogen-bond acceptors (Lipinski definition) is 5. The predicted octanol–water partition coefficient (Wildman–Crippen LogP) is 4.25. The predicted molar refractivity (Wildman–Crippen MR) is 129 cm³/mol. The number of aliphatic hydroxyl groups is 1. The van der Waals surface area contributed by atoms with E-state index in [0.29, 0.717) is 29.3 Å². The second-order valence-corrected chi connectivity index (χ2v) is 8.51. The Morgan fingerprint density at radius 2 is 1.76 bits per heavy atom. The van der Waals surface area contributed by atoms with E-state index in [4.69, 9.17) is 9.47 Å². The van der Waals surface area contributed by atoms with Crippen LogP contribution in [0.25, 0.3) is 6.08 Å². The maximum absolute atomic E-state index is 13.3. The number of amides is 1. The van der Waals surface area contributed by atoms with Crippen LogP contribution in [0.2, 0.25) is 0 Å². The third-order valence-corrected chi connectivity index (χ3v) is 6.22. The zero-order valence-electron chi connectivity index (χ0n) is 18.6. The Labute approximate surface area is 198 Å². The molecule has 6 nitrogen and oxygen atoms in total. The van der Waals surface area contributed by atoms with Crippen LogP contribution in [0, 0.1) is 0 Å². The Bertz CT molecular complexity index is 1250. The van der Waals surface area contributed by atoms with Crippen molar-refractivity contribution in [3.63, 3.8) is 0 Å². The van der Waals surface area contributed by atoms with Gasteiger partial charge in [0, 0.05) is 12.1 Å². The standard InChI is InChI=1S/C28H25NO5/c30-22(14-12-21-13-15-25-26(17-21)34-19-33-25)18-28(32)23-10-4-5-11-24(23)29(27(28)31)16-6-9-20-7-2-1-3-8-20/h1-5,7-8,10-15,17,32H,6,9,16,18-19H2/b14-12+. The average Bonchev–Trinajstić information content (AvgIpc) is 3.40. The number of benzene rings is 3. The van der Waals surface area contributed by atoms with E-state index in [0.717, 1.165) is 18.4 Å². The van der Waals surface area contributed by atoms with Crippen molar-refractivity contribution in [3.05, 3.63) is 95.6 Å². The number of anilines is 1. The Balaban J connectivity index is 1.29. The highest BCUT2D eigenvalue weighted by Gasteiger charge is 2.50. The van der Waals surface area contributed by atoms with Crippen molar-refractivity contribution in [1.29, 1.82) is 0 Å². The molecule has 34 heavy (non-hydrogen) atoms. The van der Waals surface area contributed by atoms with Gasteiger partial charge >= 0.3 is 0 Å². The SMILES string of the molecule is O=C(/C=C/c1ccc2c(c1)OCO2)CC1(O)C(=O)N(CCCc2ccccc2)c2ccccc21. The van der Waals surface area contributed by atoms with Crippen molar-refractivity contribution in [3.8, 4) is 11.5 Å². The van der Waals surface area contributed by atoms with Gasteiger partial charge < -0.3 is 19.5 Å². The summed E-state index contributed by atoms with van der Waals surface area (Å²) in [6, 6.07) is 22.6. The van der Waals surface area contributed by atoms with Gasteiger partial charge in [-0.25, -0.2) is 0 Å². The van der Waals surface area contributed by atoms with Gasteiger partial charge in [0.25, 0.3) is 5.91 Å². The summed E-state index contributed by atoms with van der Waals surface area (Å²) in [6.07, 6.45) is 4.29. The summed E-state index contributed by atoms with van der Waals surface area (Å²) in [6.45, 7) is 0.645. The molecule has 0 spiro atoms. The molecule has 3 aromatic carbocycles. The second kappa shape index (κ2) is 9.15. The van der Waals surface area contributed by atoms with Gasteiger partial charge in [-0.3, -0.25) is 9.59 Å². The summed E-state index contributed by atoms with van der Waals surface area (Å²) in [5, 5.41) is 11.4. The Kier molecular flexibility index (Phi) is 5.90. The topological polar surface area (TPSA) is 76.1 Å². The lowest BCUT2D eigenvalue weighted by Gasteiger charge is -2.22. The van der Waals surface area contributed by atoms with Crippen LogP contribution in [0.3, 0.4) is 0 Å². The first-order valence-electron chi connectivity index (χ1n) is 11.3. The molecule has 3 aromatic rings. The number of carbonyl (C=O) groups is 2. The molecule has 0 aliphatic carbocycles. The van der Waals surface area contributed by atoms with Crippen LogP contribution >= 0.6 is 0 Å². The summed E-state index contributed by atoms with van der Waals surface area (Å²) in [5.41, 5.74) is 1.23. The number of carbonyl (C=O) groups excluding carboxylic acids is 2. The van der Waals surface area contributed by atoms with Gasteiger partial charge in [-0.1, -0.05) is 60.7 Å². The molecule has 0 saturated heterocycles. The van der Waals surface area contributed by atoms with Crippen molar-refractivity contribution < 1.29 is 24.2 Å². The van der Waals surface area contributed by atoms with Crippen LogP contribution in [0.15, 0.2) is 78.9 Å². The Morgan fingerprint density at radius 3 is 2.62 bits per heavy atom. The van der Waals surface area contributed by atoms with Crippen molar-refractivity contribution >= 4 is 23.5 Å². The molecule has 2 aliphatic rings. The lowest BCUT2D eigenvalue weighted by Crippen LogP contribution is -2.42. The lowest BCUT2D eigenvalue weighted by molar-refractivity contribution is -0.140. The fourth-order valence-electron chi connectivity index (χ4n) is 4.50. The van der Waals surface area contributed by atoms with Gasteiger partial charge in [0.15, 0.2) is 22.9 Å². The number of rotatable bonds is 8. The van der Waals surface area contributed by atoms with Gasteiger partial charge in [0.05, 0.1) is 12.1 Å². The summed E-state index contributed by atoms with van der Waals surface area (Å²) >= 11 is 0. The molecule has 6 heteroatoms. The third kappa shape index (κ3) is 4.20. The Morgan fingerprint density at radius 1 is 1.00 bits per heavy atom. The van der Waals surface area contributed by atoms with Crippen LogP contribution < -0.4 is 14.4 Å². The molecule has 1 amide bonds. The number of nitrogens with zero attached hydrogens (tertiary/aromatic N) is 1. The fourth-order valence-corrected chi connectivity index (χ4v) is 4.50. The molecule has 0 radical (unpaired) electrons. The molecule has 0 saturated carbocycles. The summed E-state index contributed by atoms with van der Waals surface area (Å²) < 4.78 is 10.7. The first-order chi connectivity index (χ1) is 16.5. The molecule has 2 heterocycles. The summed E-state index contributed by atoms with van der Waals surface area (Å²) in [4.78, 5) is 27.7. The number of para-hydroxylation sites is 1. The molecule has 0 bridgehead atoms. The third-order valence-electron chi connectivity index (χ3n) is 6.22. The average molecular weight is 456 g/mol. The van der Waals surface area contributed by atoms with Gasteiger partial charge in [0.2, 0.25) is 6.79 Å². The monoisotopic (exact) mass is 455 g/mol. The first kappa shape index (κ1) is 21.9. The van der Waals surface area contributed by atoms with Gasteiger partial charge in [0.1, 0.15) is 0 Å². The molecule has 172 valence electrons. The quantitative estimate of drug-likeness (QED) is 0.514. The zero-order valence-corrected chi connectivity index (χ0v) is 18.6. The van der Waals surface area contributed by atoms with Crippen molar-refractivity contribution in [2.75, 3.05) is 18.2 Å². The first-order valence-corrected chi connectivity index (χ1v) is 11.3. The van der Waals surface area contributed by atoms with E-state index in [1.807, 2.05) is 36.4 Å². The number of ether oxygens (including phenoxy) is 2. The van der Waals surface area contributed by atoms with Gasteiger partial charge in [-0.15, -0.1) is 0 Å². The number of fused-ring (bicyclic) bond motifs is 2. The number of hydrogen-bond donors (Lipinski definition) is 1. The van der Waals surface area contributed by atoms with Gasteiger partial charge in [-0.2, -0.15) is 0 Å². The maximum Gasteiger partial charge on any atom is 0.264 e. The van der Waals surface area contributed by atoms with Crippen molar-refractivity contribution in [2.45, 2.75) is 24.9 Å². The minimum Gasteiger partial charge on any atom is -0.454 e. The van der Waals surface area contributed by atoms with Crippen LogP contribution in [-0.2, 0) is 21.6 Å². The van der Waals surface area contributed by atoms with Crippen molar-refractivity contribution in [2.24, 2.45) is 0 Å². The fraction of sp³-hybridized carbons (Fsp3) is 0.214. The van der Waals surface area contributed by atoms with Crippen LogP contribution in [-0.4, -0.2) is 30.1 Å². The van der Waals surface area contributed by atoms with E-state index in [1.54, 1.807) is 35.2 Å². The molecule has 2 aliphatic heterocycles. The second-order valence-electron chi connectivity index (χ2n) is 8.51. The lowest BCUT2D eigenvalue weighted by atomic mass is 9.89. The molecule has 0 fully saturated rings. The highest BCUT2D eigenvalue weighted by Crippen LogP contribution is 2.42. The van der Waals surface area contributed by atoms with E-state index >= 15 is 0 Å².